The first-order chi connectivity index (χ1) is 16.4. The van der Waals surface area contributed by atoms with Crippen LogP contribution in [0.15, 0.2) is 41.8 Å². The monoisotopic (exact) mass is 492 g/mol. The Morgan fingerprint density at radius 3 is 2.62 bits per heavy atom. The van der Waals surface area contributed by atoms with Crippen molar-refractivity contribution in [2.75, 3.05) is 18.7 Å². The third kappa shape index (κ3) is 6.14. The van der Waals surface area contributed by atoms with Crippen LogP contribution < -0.4 is 19.5 Å². The molecule has 1 N–H and O–H groups in total. The van der Waals surface area contributed by atoms with Crippen molar-refractivity contribution in [2.45, 2.75) is 51.6 Å². The second-order valence-corrected chi connectivity index (χ2v) is 8.91. The van der Waals surface area contributed by atoms with Crippen LogP contribution in [0.2, 0.25) is 0 Å². The van der Waals surface area contributed by atoms with Gasteiger partial charge in [-0.1, -0.05) is 39.0 Å². The van der Waals surface area contributed by atoms with Crippen LogP contribution in [0.4, 0.5) is 24.0 Å². The minimum Gasteiger partial charge on any atom is -0.493 e. The maximum atomic E-state index is 13.7. The van der Waals surface area contributed by atoms with E-state index in [-0.39, 0.29) is 19.1 Å². The standard InChI is InChI=1S/C25H27F3N2O3S/c1-2-3-4-5-6-7-12-31-21-11-9-18(14-19(21)25(26,27)28)29-24-30-20(15-34-24)17-8-10-22-23(13-17)33-16-32-22/h8-11,13-15H,2-7,12,16H2,1H3,(H,29,30). The van der Waals surface area contributed by atoms with Gasteiger partial charge >= 0.3 is 6.18 Å². The molecule has 0 saturated carbocycles. The summed E-state index contributed by atoms with van der Waals surface area (Å²) < 4.78 is 57.2. The smallest absolute Gasteiger partial charge is 0.420 e. The van der Waals surface area contributed by atoms with Crippen molar-refractivity contribution in [3.05, 3.63) is 47.3 Å². The van der Waals surface area contributed by atoms with Crippen molar-refractivity contribution in [3.8, 4) is 28.5 Å². The average molecular weight is 493 g/mol. The van der Waals surface area contributed by atoms with Gasteiger partial charge in [-0.3, -0.25) is 0 Å². The predicted octanol–water partition coefficient (Wildman–Crippen LogP) is 8.04. The SMILES string of the molecule is CCCCCCCCOc1ccc(Nc2nc(-c3ccc4c(c3)OCO4)cs2)cc1C(F)(F)F. The van der Waals surface area contributed by atoms with Gasteiger partial charge in [0.05, 0.1) is 17.9 Å². The molecule has 0 fully saturated rings. The number of nitrogens with zero attached hydrogens (tertiary/aromatic N) is 1. The Morgan fingerprint density at radius 2 is 1.79 bits per heavy atom. The van der Waals surface area contributed by atoms with E-state index >= 15 is 0 Å². The van der Waals surface area contributed by atoms with Crippen molar-refractivity contribution in [1.29, 1.82) is 0 Å². The summed E-state index contributed by atoms with van der Waals surface area (Å²) in [5, 5.41) is 5.30. The van der Waals surface area contributed by atoms with Crippen LogP contribution in [0, 0.1) is 0 Å². The molecule has 1 aliphatic heterocycles. The third-order valence-electron chi connectivity index (χ3n) is 5.46. The van der Waals surface area contributed by atoms with E-state index in [2.05, 4.69) is 17.2 Å². The van der Waals surface area contributed by atoms with E-state index in [0.29, 0.717) is 28.0 Å². The van der Waals surface area contributed by atoms with E-state index < -0.39 is 11.7 Å². The molecule has 2 aromatic carbocycles. The zero-order chi connectivity index (χ0) is 24.0. The summed E-state index contributed by atoms with van der Waals surface area (Å²) >= 11 is 1.31. The predicted molar refractivity (Wildman–Crippen MR) is 127 cm³/mol. The summed E-state index contributed by atoms with van der Waals surface area (Å²) in [6.07, 6.45) is 1.75. The molecule has 2 heterocycles. The molecule has 182 valence electrons. The van der Waals surface area contributed by atoms with Crippen LogP contribution in [0.3, 0.4) is 0 Å². The van der Waals surface area contributed by atoms with E-state index in [4.69, 9.17) is 14.2 Å². The molecule has 1 aromatic heterocycles. The number of anilines is 2. The Bertz CT molecular complexity index is 1100. The summed E-state index contributed by atoms with van der Waals surface area (Å²) in [5.41, 5.74) is 1.03. The van der Waals surface area contributed by atoms with E-state index in [1.165, 1.54) is 23.8 Å². The molecule has 1 aliphatic rings. The lowest BCUT2D eigenvalue weighted by molar-refractivity contribution is -0.138. The number of nitrogens with one attached hydrogen (secondary N) is 1. The van der Waals surface area contributed by atoms with Gasteiger partial charge in [-0.15, -0.1) is 11.3 Å². The fourth-order valence-corrected chi connectivity index (χ4v) is 4.40. The quantitative estimate of drug-likeness (QED) is 0.275. The average Bonchev–Trinajstić information content (AvgIpc) is 3.47. The molecular weight excluding hydrogens is 465 g/mol. The molecule has 0 unspecified atom stereocenters. The third-order valence-corrected chi connectivity index (χ3v) is 6.22. The molecule has 0 spiro atoms. The number of unbranched alkanes of at least 4 members (excludes halogenated alkanes) is 5. The second kappa shape index (κ2) is 11.0. The fourth-order valence-electron chi connectivity index (χ4n) is 3.66. The normalized spacial score (nSPS) is 12.7. The van der Waals surface area contributed by atoms with Crippen LogP contribution in [-0.4, -0.2) is 18.4 Å². The number of fused-ring (bicyclic) bond motifs is 1. The number of ether oxygens (including phenoxy) is 3. The van der Waals surface area contributed by atoms with Gasteiger partial charge in [-0.2, -0.15) is 13.2 Å². The number of aromatic nitrogens is 1. The number of halogens is 3. The van der Waals surface area contributed by atoms with Crippen molar-refractivity contribution >= 4 is 22.2 Å². The number of alkyl halides is 3. The van der Waals surface area contributed by atoms with Gasteiger partial charge in [-0.05, 0) is 42.8 Å². The lowest BCUT2D eigenvalue weighted by Crippen LogP contribution is -2.10. The maximum absolute atomic E-state index is 13.7. The highest BCUT2D eigenvalue weighted by atomic mass is 32.1. The van der Waals surface area contributed by atoms with Crippen LogP contribution in [-0.2, 0) is 6.18 Å². The topological polar surface area (TPSA) is 52.6 Å². The summed E-state index contributed by atoms with van der Waals surface area (Å²) in [7, 11) is 0. The number of hydrogen-bond acceptors (Lipinski definition) is 6. The molecule has 0 amide bonds. The van der Waals surface area contributed by atoms with E-state index in [1.807, 2.05) is 23.6 Å². The van der Waals surface area contributed by atoms with Gasteiger partial charge in [-0.25, -0.2) is 4.98 Å². The zero-order valence-electron chi connectivity index (χ0n) is 18.9. The molecule has 0 bridgehead atoms. The summed E-state index contributed by atoms with van der Waals surface area (Å²) in [6.45, 7) is 2.60. The first-order valence-electron chi connectivity index (χ1n) is 11.4. The van der Waals surface area contributed by atoms with E-state index in [9.17, 15) is 13.2 Å². The highest BCUT2D eigenvalue weighted by Crippen LogP contribution is 2.40. The van der Waals surface area contributed by atoms with Crippen molar-refractivity contribution < 1.29 is 27.4 Å². The molecule has 0 radical (unpaired) electrons. The highest BCUT2D eigenvalue weighted by Gasteiger charge is 2.34. The summed E-state index contributed by atoms with van der Waals surface area (Å²) in [4.78, 5) is 4.51. The Balaban J connectivity index is 1.40. The minimum absolute atomic E-state index is 0.146. The number of rotatable bonds is 11. The van der Waals surface area contributed by atoms with E-state index in [0.717, 1.165) is 43.7 Å². The van der Waals surface area contributed by atoms with Crippen LogP contribution in [0.5, 0.6) is 17.2 Å². The van der Waals surface area contributed by atoms with Crippen molar-refractivity contribution in [2.24, 2.45) is 0 Å². The second-order valence-electron chi connectivity index (χ2n) is 8.06. The zero-order valence-corrected chi connectivity index (χ0v) is 19.7. The van der Waals surface area contributed by atoms with Crippen molar-refractivity contribution in [3.63, 3.8) is 0 Å². The maximum Gasteiger partial charge on any atom is 0.420 e. The highest BCUT2D eigenvalue weighted by molar-refractivity contribution is 7.14. The molecule has 4 rings (SSSR count). The lowest BCUT2D eigenvalue weighted by Gasteiger charge is -2.15. The molecule has 0 saturated heterocycles. The van der Waals surface area contributed by atoms with Crippen LogP contribution in [0.1, 0.15) is 51.0 Å². The van der Waals surface area contributed by atoms with Gasteiger partial charge in [0.15, 0.2) is 16.6 Å². The summed E-state index contributed by atoms with van der Waals surface area (Å²) in [5.74, 6) is 1.17. The first kappa shape index (κ1) is 24.2. The van der Waals surface area contributed by atoms with Gasteiger partial charge in [0, 0.05) is 16.6 Å². The molecule has 34 heavy (non-hydrogen) atoms. The Labute approximate surface area is 200 Å². The largest absolute Gasteiger partial charge is 0.493 e. The Hall–Kier alpha value is -2.94. The van der Waals surface area contributed by atoms with Gasteiger partial charge < -0.3 is 19.5 Å². The molecule has 9 heteroatoms. The molecule has 3 aromatic rings. The van der Waals surface area contributed by atoms with Gasteiger partial charge in [0.25, 0.3) is 0 Å². The van der Waals surface area contributed by atoms with Gasteiger partial charge in [0.2, 0.25) is 6.79 Å². The van der Waals surface area contributed by atoms with E-state index in [1.54, 1.807) is 6.07 Å². The number of benzene rings is 2. The lowest BCUT2D eigenvalue weighted by atomic mass is 10.1. The summed E-state index contributed by atoms with van der Waals surface area (Å²) in [6, 6.07) is 9.52. The fraction of sp³-hybridized carbons (Fsp3) is 0.400. The Kier molecular flexibility index (Phi) is 7.82. The molecule has 0 atom stereocenters. The molecule has 0 aliphatic carbocycles. The molecular formula is C25H27F3N2O3S. The first-order valence-corrected chi connectivity index (χ1v) is 12.3. The molecule has 5 nitrogen and oxygen atoms in total. The Morgan fingerprint density at radius 1 is 1.00 bits per heavy atom. The minimum atomic E-state index is -4.52. The van der Waals surface area contributed by atoms with Crippen LogP contribution in [0.25, 0.3) is 11.3 Å². The van der Waals surface area contributed by atoms with Gasteiger partial charge in [0.1, 0.15) is 5.75 Å². The number of hydrogen-bond donors (Lipinski definition) is 1. The number of thiazole rings is 1. The van der Waals surface area contributed by atoms with Crippen LogP contribution >= 0.6 is 11.3 Å². The van der Waals surface area contributed by atoms with Crippen molar-refractivity contribution in [1.82, 2.24) is 4.98 Å².